The molecule has 0 unspecified atom stereocenters. The molecule has 0 aliphatic heterocycles. The van der Waals surface area contributed by atoms with Gasteiger partial charge in [-0.1, -0.05) is 24.3 Å². The van der Waals surface area contributed by atoms with Crippen LogP contribution in [0.1, 0.15) is 19.7 Å². The predicted octanol–water partition coefficient (Wildman–Crippen LogP) is 0.864. The maximum atomic E-state index is 5.28. The third-order valence-electron chi connectivity index (χ3n) is 1.59. The Labute approximate surface area is 84.6 Å². The first-order valence-electron chi connectivity index (χ1n) is 4.41. The largest absolute Gasteiger partial charge is 0.432 e. The molecule has 4 heteroatoms. The zero-order chi connectivity index (χ0) is 10.6. The molecule has 0 atom stereocenters. The third-order valence-corrected chi connectivity index (χ3v) is 1.59. The van der Waals surface area contributed by atoms with Crippen LogP contribution in [0.15, 0.2) is 34.8 Å². The SMILES string of the molecule is Bc1nnc(/C(C=C)=C/C=C(C)C)o1. The highest BCUT2D eigenvalue weighted by Crippen LogP contribution is 2.11. The second kappa shape index (κ2) is 4.60. The Morgan fingerprint density at radius 2 is 2.07 bits per heavy atom. The first-order chi connectivity index (χ1) is 6.63. The Morgan fingerprint density at radius 1 is 1.36 bits per heavy atom. The van der Waals surface area contributed by atoms with E-state index >= 15 is 0 Å². The first kappa shape index (κ1) is 10.5. The second-order valence-corrected chi connectivity index (χ2v) is 3.20. The van der Waals surface area contributed by atoms with E-state index in [0.717, 1.165) is 5.57 Å². The van der Waals surface area contributed by atoms with E-state index in [0.29, 0.717) is 11.7 Å². The molecular weight excluding hydrogens is 175 g/mol. The molecule has 0 radical (unpaired) electrons. The lowest BCUT2D eigenvalue weighted by Crippen LogP contribution is -2.00. The maximum Gasteiger partial charge on any atom is 0.246 e. The van der Waals surface area contributed by atoms with Crippen molar-refractivity contribution in [3.63, 3.8) is 0 Å². The highest BCUT2D eigenvalue weighted by atomic mass is 16.4. The zero-order valence-corrected chi connectivity index (χ0v) is 8.74. The predicted molar refractivity (Wildman–Crippen MR) is 60.1 cm³/mol. The Balaban J connectivity index is 2.98. The molecular formula is C10H13BN2O. The van der Waals surface area contributed by atoms with E-state index < -0.39 is 0 Å². The van der Waals surface area contributed by atoms with Gasteiger partial charge < -0.3 is 4.42 Å². The zero-order valence-electron chi connectivity index (χ0n) is 8.74. The fourth-order valence-corrected chi connectivity index (χ4v) is 0.896. The lowest BCUT2D eigenvalue weighted by Gasteiger charge is -1.92. The Hall–Kier alpha value is -1.58. The van der Waals surface area contributed by atoms with Gasteiger partial charge >= 0.3 is 0 Å². The molecule has 14 heavy (non-hydrogen) atoms. The summed E-state index contributed by atoms with van der Waals surface area (Å²) in [6, 6.07) is 0. The van der Waals surface area contributed by atoms with Gasteiger partial charge in [0, 0.05) is 5.57 Å². The fourth-order valence-electron chi connectivity index (χ4n) is 0.896. The van der Waals surface area contributed by atoms with Crippen LogP contribution in [-0.4, -0.2) is 18.0 Å². The van der Waals surface area contributed by atoms with E-state index in [1.807, 2.05) is 26.0 Å². The second-order valence-electron chi connectivity index (χ2n) is 3.20. The summed E-state index contributed by atoms with van der Waals surface area (Å²) >= 11 is 0. The van der Waals surface area contributed by atoms with Crippen molar-refractivity contribution in [2.45, 2.75) is 13.8 Å². The molecule has 72 valence electrons. The molecule has 0 saturated heterocycles. The van der Waals surface area contributed by atoms with Crippen molar-refractivity contribution in [3.8, 4) is 0 Å². The van der Waals surface area contributed by atoms with Crippen molar-refractivity contribution >= 4 is 19.2 Å². The molecule has 1 aromatic heterocycles. The van der Waals surface area contributed by atoms with Crippen molar-refractivity contribution in [1.29, 1.82) is 0 Å². The van der Waals surface area contributed by atoms with Crippen molar-refractivity contribution in [3.05, 3.63) is 36.3 Å². The molecule has 0 aliphatic carbocycles. The lowest BCUT2D eigenvalue weighted by molar-refractivity contribution is 0.573. The summed E-state index contributed by atoms with van der Waals surface area (Å²) in [5.41, 5.74) is 2.05. The molecule has 0 aliphatic rings. The standard InChI is InChI=1S/C10H13BN2O/c1-4-8(6-5-7(2)3)9-12-13-10(11)14-9/h4-6H,1,11H2,2-3H3/b8-6+. The van der Waals surface area contributed by atoms with Gasteiger partial charge in [0.05, 0.1) is 0 Å². The first-order valence-corrected chi connectivity index (χ1v) is 4.41. The molecule has 1 rings (SSSR count). The van der Waals surface area contributed by atoms with Crippen LogP contribution >= 0.6 is 0 Å². The average Bonchev–Trinajstić information content (AvgIpc) is 2.53. The number of aromatic nitrogens is 2. The monoisotopic (exact) mass is 188 g/mol. The quantitative estimate of drug-likeness (QED) is 0.521. The molecule has 1 heterocycles. The fraction of sp³-hybridized carbons (Fsp3) is 0.200. The van der Waals surface area contributed by atoms with Crippen LogP contribution in [0.4, 0.5) is 0 Å². The summed E-state index contributed by atoms with van der Waals surface area (Å²) in [7, 11) is 1.76. The van der Waals surface area contributed by atoms with E-state index in [9.17, 15) is 0 Å². The Bertz CT molecular complexity index is 387. The van der Waals surface area contributed by atoms with Gasteiger partial charge in [0.25, 0.3) is 0 Å². The molecule has 0 N–H and O–H groups in total. The van der Waals surface area contributed by atoms with Crippen LogP contribution in [-0.2, 0) is 0 Å². The number of allylic oxidation sites excluding steroid dienone is 5. The van der Waals surface area contributed by atoms with E-state index in [4.69, 9.17) is 4.42 Å². The van der Waals surface area contributed by atoms with Crippen LogP contribution in [0.3, 0.4) is 0 Å². The normalized spacial score (nSPS) is 11.1. The topological polar surface area (TPSA) is 38.9 Å². The van der Waals surface area contributed by atoms with Crippen molar-refractivity contribution in [2.24, 2.45) is 0 Å². The molecule has 0 saturated carbocycles. The molecule has 0 bridgehead atoms. The van der Waals surface area contributed by atoms with Crippen LogP contribution in [0, 0.1) is 0 Å². The number of hydrogen-bond donors (Lipinski definition) is 0. The highest BCUT2D eigenvalue weighted by molar-refractivity contribution is 6.28. The number of rotatable bonds is 3. The molecule has 0 spiro atoms. The van der Waals surface area contributed by atoms with Crippen LogP contribution < -0.4 is 5.79 Å². The summed E-state index contributed by atoms with van der Waals surface area (Å²) in [5.74, 6) is 1.07. The van der Waals surface area contributed by atoms with Crippen molar-refractivity contribution in [1.82, 2.24) is 10.2 Å². The Kier molecular flexibility index (Phi) is 3.45. The number of hydrogen-bond acceptors (Lipinski definition) is 3. The third kappa shape index (κ3) is 2.73. The van der Waals surface area contributed by atoms with Gasteiger partial charge in [-0.25, -0.2) is 0 Å². The van der Waals surface area contributed by atoms with E-state index in [1.54, 1.807) is 13.9 Å². The van der Waals surface area contributed by atoms with Gasteiger partial charge in [0.2, 0.25) is 13.7 Å². The van der Waals surface area contributed by atoms with E-state index in [-0.39, 0.29) is 0 Å². The summed E-state index contributed by atoms with van der Waals surface area (Å²) in [4.78, 5) is 0. The van der Waals surface area contributed by atoms with E-state index in [1.165, 1.54) is 5.57 Å². The van der Waals surface area contributed by atoms with Gasteiger partial charge in [-0.15, -0.1) is 10.2 Å². The summed E-state index contributed by atoms with van der Waals surface area (Å²) in [6.45, 7) is 7.75. The molecule has 0 aromatic carbocycles. The van der Waals surface area contributed by atoms with Crippen molar-refractivity contribution in [2.75, 3.05) is 0 Å². The maximum absolute atomic E-state index is 5.28. The minimum absolute atomic E-state index is 0.509. The minimum Gasteiger partial charge on any atom is -0.432 e. The molecule has 0 fully saturated rings. The van der Waals surface area contributed by atoms with Gasteiger partial charge in [-0.3, -0.25) is 0 Å². The van der Waals surface area contributed by atoms with Gasteiger partial charge in [0.1, 0.15) is 0 Å². The van der Waals surface area contributed by atoms with Gasteiger partial charge in [0.15, 0.2) is 5.79 Å². The van der Waals surface area contributed by atoms with Gasteiger partial charge in [-0.05, 0) is 19.9 Å². The minimum atomic E-state index is 0.509. The van der Waals surface area contributed by atoms with Crippen LogP contribution in [0.2, 0.25) is 0 Å². The number of nitrogens with zero attached hydrogens (tertiary/aromatic N) is 2. The summed E-state index contributed by atoms with van der Waals surface area (Å²) in [6.07, 6.45) is 5.60. The summed E-state index contributed by atoms with van der Waals surface area (Å²) in [5, 5.41) is 7.67. The molecule has 3 nitrogen and oxygen atoms in total. The summed E-state index contributed by atoms with van der Waals surface area (Å²) < 4.78 is 5.28. The van der Waals surface area contributed by atoms with Crippen LogP contribution in [0.5, 0.6) is 0 Å². The molecule has 1 aromatic rings. The van der Waals surface area contributed by atoms with Crippen molar-refractivity contribution < 1.29 is 4.42 Å². The van der Waals surface area contributed by atoms with E-state index in [2.05, 4.69) is 16.8 Å². The van der Waals surface area contributed by atoms with Gasteiger partial charge in [-0.2, -0.15) is 0 Å². The smallest absolute Gasteiger partial charge is 0.246 e. The Morgan fingerprint density at radius 3 is 2.50 bits per heavy atom. The molecule has 0 amide bonds. The highest BCUT2D eigenvalue weighted by Gasteiger charge is 2.04. The lowest BCUT2D eigenvalue weighted by atomic mass is 10.2. The average molecular weight is 188 g/mol. The van der Waals surface area contributed by atoms with Crippen LogP contribution in [0.25, 0.3) is 5.57 Å².